The molecule has 0 aliphatic carbocycles. The number of carbonyl (C=O) groups is 2. The predicted molar refractivity (Wildman–Crippen MR) is 87.3 cm³/mol. The maximum atomic E-state index is 12.2. The number of ether oxygens (including phenoxy) is 1. The van der Waals surface area contributed by atoms with Gasteiger partial charge in [0.05, 0.1) is 13.5 Å². The van der Waals surface area contributed by atoms with E-state index < -0.39 is 10.2 Å². The van der Waals surface area contributed by atoms with E-state index in [1.165, 1.54) is 7.11 Å². The van der Waals surface area contributed by atoms with Crippen molar-refractivity contribution in [2.24, 2.45) is 0 Å². The molecule has 2 rings (SSSR count). The van der Waals surface area contributed by atoms with Gasteiger partial charge in [-0.3, -0.25) is 4.79 Å². The van der Waals surface area contributed by atoms with Gasteiger partial charge in [-0.25, -0.2) is 4.79 Å². The fourth-order valence-corrected chi connectivity index (χ4v) is 5.88. The third-order valence-electron chi connectivity index (χ3n) is 3.40. The van der Waals surface area contributed by atoms with Crippen LogP contribution in [0, 0.1) is 0 Å². The number of nitrogens with one attached hydrogen (secondary N) is 1. The molecule has 4 nitrogen and oxygen atoms in total. The zero-order chi connectivity index (χ0) is 15.5. The van der Waals surface area contributed by atoms with Crippen LogP contribution in [0.15, 0.2) is 18.2 Å². The molecule has 1 aliphatic rings. The van der Waals surface area contributed by atoms with Gasteiger partial charge >= 0.3 is 5.30 Å². The molecule has 1 aromatic rings. The molecule has 1 aliphatic heterocycles. The highest BCUT2D eigenvalue weighted by Gasteiger charge is 2.38. The van der Waals surface area contributed by atoms with Crippen molar-refractivity contribution < 1.29 is 14.3 Å². The molecule has 0 radical (unpaired) electrons. The van der Waals surface area contributed by atoms with Gasteiger partial charge in [-0.2, -0.15) is 0 Å². The lowest BCUT2D eigenvalue weighted by molar-refractivity contribution is -0.118. The monoisotopic (exact) mass is 349 g/mol. The summed E-state index contributed by atoms with van der Waals surface area (Å²) in [6, 6.07) is 5.01. The van der Waals surface area contributed by atoms with Crippen molar-refractivity contribution in [3.8, 4) is 0 Å². The van der Waals surface area contributed by atoms with Gasteiger partial charge in [0.2, 0.25) is 5.91 Å². The van der Waals surface area contributed by atoms with Crippen LogP contribution < -0.4 is 4.72 Å². The van der Waals surface area contributed by atoms with E-state index in [4.69, 9.17) is 27.9 Å². The fraction of sp³-hybridized carbons (Fsp3) is 0.429. The Morgan fingerprint density at radius 1 is 1.29 bits per heavy atom. The summed E-state index contributed by atoms with van der Waals surface area (Å²) in [6.07, 6.45) is 2.00. The topological polar surface area (TPSA) is 55.4 Å². The van der Waals surface area contributed by atoms with Gasteiger partial charge in [-0.15, -0.1) is 0 Å². The normalized spacial score (nSPS) is 18.0. The van der Waals surface area contributed by atoms with Crippen LogP contribution in [-0.2, 0) is 16.0 Å². The van der Waals surface area contributed by atoms with Gasteiger partial charge in [0.1, 0.15) is 0 Å². The standard InChI is InChI=1S/C14H17Cl2NO3S/c1-20-14(19)21(6-2-3-7-21)17-13(18)8-10-4-5-11(15)9-12(10)16/h4-5,9H,2-3,6-8H2,1H3,(H,17,18). The van der Waals surface area contributed by atoms with Crippen molar-refractivity contribution in [2.45, 2.75) is 19.3 Å². The maximum absolute atomic E-state index is 12.2. The molecule has 0 saturated carbocycles. The summed E-state index contributed by atoms with van der Waals surface area (Å²) in [4.78, 5) is 24.2. The smallest absolute Gasteiger partial charge is 0.366 e. The Kier molecular flexibility index (Phi) is 5.41. The van der Waals surface area contributed by atoms with Crippen LogP contribution in [0.2, 0.25) is 10.0 Å². The zero-order valence-corrected chi connectivity index (χ0v) is 14.0. The molecule has 0 spiro atoms. The maximum Gasteiger partial charge on any atom is 0.366 e. The molecule has 0 unspecified atom stereocenters. The predicted octanol–water partition coefficient (Wildman–Crippen LogP) is 3.93. The lowest BCUT2D eigenvalue weighted by Gasteiger charge is -2.32. The van der Waals surface area contributed by atoms with E-state index >= 15 is 0 Å². The molecular weight excluding hydrogens is 333 g/mol. The van der Waals surface area contributed by atoms with Gasteiger partial charge in [0.15, 0.2) is 0 Å². The Morgan fingerprint density at radius 2 is 1.95 bits per heavy atom. The van der Waals surface area contributed by atoms with Crippen molar-refractivity contribution in [1.29, 1.82) is 0 Å². The van der Waals surface area contributed by atoms with Crippen molar-refractivity contribution in [1.82, 2.24) is 4.72 Å². The lowest BCUT2D eigenvalue weighted by Crippen LogP contribution is -2.35. The average molecular weight is 350 g/mol. The number of benzene rings is 1. The summed E-state index contributed by atoms with van der Waals surface area (Å²) in [5.41, 5.74) is 0.691. The van der Waals surface area contributed by atoms with Crippen molar-refractivity contribution >= 4 is 44.6 Å². The molecule has 116 valence electrons. The fourth-order valence-electron chi connectivity index (χ4n) is 2.36. The van der Waals surface area contributed by atoms with E-state index in [1.807, 2.05) is 0 Å². The third kappa shape index (κ3) is 3.84. The largest absolute Gasteiger partial charge is 0.461 e. The second kappa shape index (κ2) is 6.90. The second-order valence-corrected chi connectivity index (χ2v) is 8.86. The summed E-state index contributed by atoms with van der Waals surface area (Å²) >= 11 is 11.9. The number of halogens is 2. The van der Waals surface area contributed by atoms with Crippen LogP contribution in [0.5, 0.6) is 0 Å². The van der Waals surface area contributed by atoms with E-state index in [2.05, 4.69) is 4.72 Å². The van der Waals surface area contributed by atoms with Crippen molar-refractivity contribution in [2.75, 3.05) is 18.6 Å². The average Bonchev–Trinajstić information content (AvgIpc) is 2.90. The first-order valence-electron chi connectivity index (χ1n) is 6.58. The van der Waals surface area contributed by atoms with Crippen LogP contribution in [0.4, 0.5) is 4.79 Å². The van der Waals surface area contributed by atoms with Gasteiger partial charge in [0, 0.05) is 21.6 Å². The molecular formula is C14H17Cl2NO3S. The summed E-state index contributed by atoms with van der Waals surface area (Å²) in [5.74, 6) is 1.18. The Labute approximate surface area is 135 Å². The number of hydrogen-bond acceptors (Lipinski definition) is 3. The van der Waals surface area contributed by atoms with Crippen LogP contribution in [0.3, 0.4) is 0 Å². The summed E-state index contributed by atoms with van der Waals surface area (Å²) in [7, 11) is -0.501. The van der Waals surface area contributed by atoms with Crippen LogP contribution >= 0.6 is 33.4 Å². The lowest BCUT2D eigenvalue weighted by atomic mass is 10.1. The van der Waals surface area contributed by atoms with Gasteiger partial charge in [-0.05, 0) is 30.5 Å². The molecule has 1 heterocycles. The number of hydrogen-bond donors (Lipinski definition) is 1. The van der Waals surface area contributed by atoms with Crippen LogP contribution in [0.1, 0.15) is 18.4 Å². The zero-order valence-electron chi connectivity index (χ0n) is 11.7. The number of rotatable bonds is 2. The molecule has 0 aromatic heterocycles. The molecule has 1 amide bonds. The van der Waals surface area contributed by atoms with Gasteiger partial charge in [-0.1, -0.05) is 39.5 Å². The van der Waals surface area contributed by atoms with Crippen molar-refractivity contribution in [3.63, 3.8) is 0 Å². The minimum atomic E-state index is -1.86. The first-order chi connectivity index (χ1) is 9.97. The number of amides is 1. The Balaban J connectivity index is 2.08. The highest BCUT2D eigenvalue weighted by atomic mass is 35.5. The molecule has 1 N–H and O–H groups in total. The third-order valence-corrected chi connectivity index (χ3v) is 7.38. The molecule has 1 aromatic carbocycles. The first kappa shape index (κ1) is 16.5. The second-order valence-electron chi connectivity index (χ2n) is 4.89. The quantitative estimate of drug-likeness (QED) is 0.822. The van der Waals surface area contributed by atoms with Gasteiger partial charge in [0.25, 0.3) is 0 Å². The number of methoxy groups -OCH3 is 1. The molecule has 0 bridgehead atoms. The number of carbonyl (C=O) groups excluding carboxylic acids is 2. The highest BCUT2D eigenvalue weighted by molar-refractivity contribution is 8.44. The summed E-state index contributed by atoms with van der Waals surface area (Å²) in [5, 5.41) is 0.679. The van der Waals surface area contributed by atoms with Crippen molar-refractivity contribution in [3.05, 3.63) is 33.8 Å². The van der Waals surface area contributed by atoms with E-state index in [-0.39, 0.29) is 17.6 Å². The molecule has 0 atom stereocenters. The van der Waals surface area contributed by atoms with E-state index in [1.54, 1.807) is 18.2 Å². The highest BCUT2D eigenvalue weighted by Crippen LogP contribution is 2.51. The Morgan fingerprint density at radius 3 is 2.52 bits per heavy atom. The summed E-state index contributed by atoms with van der Waals surface area (Å²) in [6.45, 7) is 0. The van der Waals surface area contributed by atoms with E-state index in [9.17, 15) is 9.59 Å². The minimum Gasteiger partial charge on any atom is -0.461 e. The molecule has 21 heavy (non-hydrogen) atoms. The summed E-state index contributed by atoms with van der Waals surface area (Å²) < 4.78 is 7.78. The Bertz CT molecular complexity index is 559. The van der Waals surface area contributed by atoms with Gasteiger partial charge < -0.3 is 9.46 Å². The van der Waals surface area contributed by atoms with Crippen LogP contribution in [-0.4, -0.2) is 29.8 Å². The van der Waals surface area contributed by atoms with Crippen LogP contribution in [0.25, 0.3) is 0 Å². The molecule has 1 fully saturated rings. The van der Waals surface area contributed by atoms with E-state index in [0.29, 0.717) is 27.1 Å². The Hall–Kier alpha value is -0.910. The minimum absolute atomic E-state index is 0.127. The first-order valence-corrected chi connectivity index (χ1v) is 9.31. The SMILES string of the molecule is COC(=O)S1(NC(=O)Cc2ccc(Cl)cc2Cl)CCCC1. The molecule has 1 saturated heterocycles. The molecule has 7 heteroatoms. The van der Waals surface area contributed by atoms with E-state index in [0.717, 1.165) is 12.8 Å².